The number of carbonyl (C=O) groups excluding carboxylic acids is 1. The van der Waals surface area contributed by atoms with Gasteiger partial charge in [-0.05, 0) is 25.7 Å². The van der Waals surface area contributed by atoms with Crippen molar-refractivity contribution >= 4 is 35.8 Å². The molecule has 5 aliphatic rings. The fourth-order valence-electron chi connectivity index (χ4n) is 4.35. The predicted molar refractivity (Wildman–Crippen MR) is 114 cm³/mol. The third kappa shape index (κ3) is 4.81. The molecule has 1 saturated carbocycles. The van der Waals surface area contributed by atoms with Crippen molar-refractivity contribution in [3.05, 3.63) is 0 Å². The highest BCUT2D eigenvalue weighted by atomic mass is 127. The Hall–Kier alpha value is -0.610. The van der Waals surface area contributed by atoms with Crippen LogP contribution in [-0.2, 0) is 4.79 Å². The van der Waals surface area contributed by atoms with E-state index in [-0.39, 0.29) is 24.0 Å². The highest BCUT2D eigenvalue weighted by Crippen LogP contribution is 2.31. The SMILES string of the molecule is CN=C(NCC1CN2CCN1CC2)NC1CCN(C(=O)C2CC2)CC1.I. The minimum atomic E-state index is 0. The van der Waals surface area contributed by atoms with Crippen LogP contribution in [0.3, 0.4) is 0 Å². The van der Waals surface area contributed by atoms with Gasteiger partial charge in [0.05, 0.1) is 0 Å². The van der Waals surface area contributed by atoms with E-state index in [0.717, 1.165) is 51.3 Å². The Morgan fingerprint density at radius 1 is 1.04 bits per heavy atom. The van der Waals surface area contributed by atoms with E-state index in [9.17, 15) is 4.79 Å². The van der Waals surface area contributed by atoms with E-state index in [2.05, 4.69) is 30.3 Å². The first-order valence-corrected chi connectivity index (χ1v) is 9.95. The lowest BCUT2D eigenvalue weighted by molar-refractivity contribution is -0.133. The monoisotopic (exact) mass is 476 g/mol. The van der Waals surface area contributed by atoms with Crippen molar-refractivity contribution in [2.24, 2.45) is 10.9 Å². The van der Waals surface area contributed by atoms with Gasteiger partial charge in [-0.1, -0.05) is 0 Å². The van der Waals surface area contributed by atoms with Gasteiger partial charge >= 0.3 is 0 Å². The Labute approximate surface area is 173 Å². The molecule has 4 aliphatic heterocycles. The van der Waals surface area contributed by atoms with E-state index in [1.54, 1.807) is 0 Å². The Morgan fingerprint density at radius 2 is 1.73 bits per heavy atom. The zero-order valence-electron chi connectivity index (χ0n) is 15.8. The van der Waals surface area contributed by atoms with Crippen LogP contribution in [0.4, 0.5) is 0 Å². The molecule has 1 amide bonds. The highest BCUT2D eigenvalue weighted by molar-refractivity contribution is 14.0. The number of hydrogen-bond donors (Lipinski definition) is 2. The number of halogens is 1. The van der Waals surface area contributed by atoms with Gasteiger partial charge < -0.3 is 15.5 Å². The Morgan fingerprint density at radius 3 is 2.27 bits per heavy atom. The molecule has 0 aromatic carbocycles. The van der Waals surface area contributed by atoms with Crippen molar-refractivity contribution in [1.29, 1.82) is 0 Å². The number of fused-ring (bicyclic) bond motifs is 3. The first-order chi connectivity index (χ1) is 12.2. The molecule has 1 atom stereocenters. The molecule has 148 valence electrons. The van der Waals surface area contributed by atoms with Crippen LogP contribution < -0.4 is 10.6 Å². The molecule has 2 bridgehead atoms. The van der Waals surface area contributed by atoms with E-state index in [4.69, 9.17) is 0 Å². The second-order valence-corrected chi connectivity index (χ2v) is 7.96. The number of likely N-dealkylation sites (tertiary alicyclic amines) is 1. The molecule has 1 unspecified atom stereocenters. The lowest BCUT2D eigenvalue weighted by Crippen LogP contribution is -2.64. The van der Waals surface area contributed by atoms with E-state index >= 15 is 0 Å². The zero-order chi connectivity index (χ0) is 17.2. The lowest BCUT2D eigenvalue weighted by atomic mass is 10.0. The van der Waals surface area contributed by atoms with Gasteiger partial charge in [0, 0.05) is 77.4 Å². The molecular weight excluding hydrogens is 443 g/mol. The molecule has 7 nitrogen and oxygen atoms in total. The second kappa shape index (κ2) is 9.05. The van der Waals surface area contributed by atoms with Crippen LogP contribution in [0.25, 0.3) is 0 Å². The number of carbonyl (C=O) groups is 1. The van der Waals surface area contributed by atoms with Gasteiger partial charge in [-0.25, -0.2) is 0 Å². The van der Waals surface area contributed by atoms with Crippen molar-refractivity contribution in [2.45, 2.75) is 37.8 Å². The number of piperazine rings is 3. The Kier molecular flexibility index (Phi) is 7.01. The number of amides is 1. The van der Waals surface area contributed by atoms with Crippen molar-refractivity contribution in [1.82, 2.24) is 25.3 Å². The summed E-state index contributed by atoms with van der Waals surface area (Å²) in [7, 11) is 1.85. The van der Waals surface area contributed by atoms with Gasteiger partial charge in [0.1, 0.15) is 0 Å². The van der Waals surface area contributed by atoms with Crippen molar-refractivity contribution in [3.63, 3.8) is 0 Å². The van der Waals surface area contributed by atoms with Crippen LogP contribution in [0.1, 0.15) is 25.7 Å². The van der Waals surface area contributed by atoms with E-state index < -0.39 is 0 Å². The molecule has 5 fully saturated rings. The van der Waals surface area contributed by atoms with Gasteiger partial charge in [0.2, 0.25) is 5.91 Å². The molecule has 0 aromatic rings. The second-order valence-electron chi connectivity index (χ2n) is 7.96. The summed E-state index contributed by atoms with van der Waals surface area (Å²) in [6.45, 7) is 8.74. The predicted octanol–water partition coefficient (Wildman–Crippen LogP) is 0.170. The average Bonchev–Trinajstić information content (AvgIpc) is 3.51. The molecule has 0 spiro atoms. The van der Waals surface area contributed by atoms with Crippen LogP contribution in [0.5, 0.6) is 0 Å². The summed E-state index contributed by atoms with van der Waals surface area (Å²) in [6, 6.07) is 1.01. The third-order valence-electron chi connectivity index (χ3n) is 6.20. The smallest absolute Gasteiger partial charge is 0.225 e. The van der Waals surface area contributed by atoms with Crippen LogP contribution in [-0.4, -0.2) is 98.1 Å². The van der Waals surface area contributed by atoms with Gasteiger partial charge in [0.25, 0.3) is 0 Å². The minimum absolute atomic E-state index is 0. The first kappa shape index (κ1) is 20.1. The summed E-state index contributed by atoms with van der Waals surface area (Å²) in [6.07, 6.45) is 4.23. The molecule has 0 aromatic heterocycles. The molecule has 26 heavy (non-hydrogen) atoms. The fourth-order valence-corrected chi connectivity index (χ4v) is 4.35. The molecule has 5 rings (SSSR count). The summed E-state index contributed by atoms with van der Waals surface area (Å²) >= 11 is 0. The molecule has 1 aliphatic carbocycles. The number of nitrogens with one attached hydrogen (secondary N) is 2. The maximum absolute atomic E-state index is 12.1. The summed E-state index contributed by atoms with van der Waals surface area (Å²) in [5.41, 5.74) is 0. The first-order valence-electron chi connectivity index (χ1n) is 9.95. The van der Waals surface area contributed by atoms with E-state index in [1.807, 2.05) is 7.05 Å². The minimum Gasteiger partial charge on any atom is -0.355 e. The van der Waals surface area contributed by atoms with Gasteiger partial charge in [0.15, 0.2) is 5.96 Å². The molecule has 2 N–H and O–H groups in total. The van der Waals surface area contributed by atoms with Gasteiger partial charge in [-0.15, -0.1) is 24.0 Å². The molecule has 0 radical (unpaired) electrons. The van der Waals surface area contributed by atoms with Gasteiger partial charge in [-0.3, -0.25) is 19.6 Å². The molecule has 4 heterocycles. The van der Waals surface area contributed by atoms with Crippen molar-refractivity contribution in [3.8, 4) is 0 Å². The van der Waals surface area contributed by atoms with Crippen LogP contribution >= 0.6 is 24.0 Å². The lowest BCUT2D eigenvalue weighted by Gasteiger charge is -2.47. The largest absolute Gasteiger partial charge is 0.355 e. The van der Waals surface area contributed by atoms with Crippen LogP contribution in [0.2, 0.25) is 0 Å². The Bertz CT molecular complexity index is 510. The summed E-state index contributed by atoms with van der Waals surface area (Å²) in [5, 5.41) is 7.09. The number of nitrogens with zero attached hydrogens (tertiary/aromatic N) is 4. The normalized spacial score (nSPS) is 32.1. The number of guanidine groups is 1. The van der Waals surface area contributed by atoms with E-state index in [0.29, 0.717) is 23.9 Å². The molecule has 8 heteroatoms. The Balaban J connectivity index is 0.00000196. The number of rotatable bonds is 4. The number of piperidine rings is 1. The quantitative estimate of drug-likeness (QED) is 0.344. The van der Waals surface area contributed by atoms with Crippen LogP contribution in [0, 0.1) is 5.92 Å². The summed E-state index contributed by atoms with van der Waals surface area (Å²) in [4.78, 5) is 23.8. The maximum Gasteiger partial charge on any atom is 0.225 e. The summed E-state index contributed by atoms with van der Waals surface area (Å²) < 4.78 is 0. The van der Waals surface area contributed by atoms with Gasteiger partial charge in [-0.2, -0.15) is 0 Å². The van der Waals surface area contributed by atoms with Crippen LogP contribution in [0.15, 0.2) is 4.99 Å². The standard InChI is InChI=1S/C18H32N6O.HI/c1-19-18(20-12-16-13-22-8-10-23(16)11-9-22)21-15-4-6-24(7-5-15)17(25)14-2-3-14;/h14-16H,2-13H2,1H3,(H2,19,20,21);1H. The van der Waals surface area contributed by atoms with Crippen molar-refractivity contribution in [2.75, 3.05) is 59.4 Å². The third-order valence-corrected chi connectivity index (χ3v) is 6.20. The molecular formula is C18H33IN6O. The maximum atomic E-state index is 12.1. The number of aliphatic imine (C=N–C) groups is 1. The van der Waals surface area contributed by atoms with Crippen molar-refractivity contribution < 1.29 is 4.79 Å². The summed E-state index contributed by atoms with van der Waals surface area (Å²) in [5.74, 6) is 1.64. The number of hydrogen-bond acceptors (Lipinski definition) is 4. The van der Waals surface area contributed by atoms with E-state index in [1.165, 1.54) is 32.7 Å². The highest BCUT2D eigenvalue weighted by Gasteiger charge is 2.35. The zero-order valence-corrected chi connectivity index (χ0v) is 18.2. The fraction of sp³-hybridized carbons (Fsp3) is 0.889. The average molecular weight is 476 g/mol. The molecule has 4 saturated heterocycles. The topological polar surface area (TPSA) is 63.2 Å².